The number of rotatable bonds is 5. The molecule has 0 N–H and O–H groups in total. The summed E-state index contributed by atoms with van der Waals surface area (Å²) in [5.74, 6) is -0.568. The molecule has 0 fully saturated rings. The smallest absolute Gasteiger partial charge is 0.348 e. The molecule has 2 aromatic heterocycles. The number of amides is 1. The molecule has 3 aromatic rings. The highest BCUT2D eigenvalue weighted by Gasteiger charge is 2.19. The summed E-state index contributed by atoms with van der Waals surface area (Å²) in [6, 6.07) is 10.5. The summed E-state index contributed by atoms with van der Waals surface area (Å²) in [7, 11) is 0. The Morgan fingerprint density at radius 2 is 2.08 bits per heavy atom. The molecule has 0 aliphatic heterocycles. The number of carbonyl (C=O) groups excluding carboxylic acids is 2. The standard InChI is InChI=1S/C17H13ClN2O3S2/c1-11(21)20(14-5-2-4-12(18)8-14)17-19-13(10-25-17)9-23-16(22)15-6-3-7-24-15/h2-8,10H,9H2,1H3. The van der Waals surface area contributed by atoms with Crippen LogP contribution in [0.15, 0.2) is 47.2 Å². The van der Waals surface area contributed by atoms with Crippen LogP contribution in [0.25, 0.3) is 0 Å². The van der Waals surface area contributed by atoms with Crippen molar-refractivity contribution in [2.45, 2.75) is 13.5 Å². The molecule has 0 saturated carbocycles. The molecule has 0 aliphatic carbocycles. The average molecular weight is 393 g/mol. The molecular formula is C17H13ClN2O3S2. The minimum absolute atomic E-state index is 0.0501. The van der Waals surface area contributed by atoms with Crippen molar-refractivity contribution in [2.75, 3.05) is 4.90 Å². The van der Waals surface area contributed by atoms with Crippen LogP contribution in [0, 0.1) is 0 Å². The Kier molecular flexibility index (Phi) is 5.47. The van der Waals surface area contributed by atoms with Crippen molar-refractivity contribution >= 4 is 57.0 Å². The van der Waals surface area contributed by atoms with Crippen molar-refractivity contribution in [3.63, 3.8) is 0 Å². The van der Waals surface area contributed by atoms with E-state index in [-0.39, 0.29) is 18.5 Å². The first kappa shape index (κ1) is 17.6. The van der Waals surface area contributed by atoms with Crippen molar-refractivity contribution in [3.05, 3.63) is 62.8 Å². The fourth-order valence-corrected chi connectivity index (χ4v) is 3.78. The van der Waals surface area contributed by atoms with Crippen molar-refractivity contribution in [2.24, 2.45) is 0 Å². The molecule has 128 valence electrons. The first-order chi connectivity index (χ1) is 12.0. The molecule has 0 aliphatic rings. The monoisotopic (exact) mass is 392 g/mol. The van der Waals surface area contributed by atoms with Gasteiger partial charge in [-0.15, -0.1) is 22.7 Å². The number of carbonyl (C=O) groups is 2. The van der Waals surface area contributed by atoms with Gasteiger partial charge >= 0.3 is 5.97 Å². The summed E-state index contributed by atoms with van der Waals surface area (Å²) >= 11 is 8.63. The lowest BCUT2D eigenvalue weighted by atomic mass is 10.3. The second kappa shape index (κ2) is 7.77. The first-order valence-electron chi connectivity index (χ1n) is 7.26. The Morgan fingerprint density at radius 3 is 2.76 bits per heavy atom. The zero-order valence-corrected chi connectivity index (χ0v) is 15.5. The number of benzene rings is 1. The quantitative estimate of drug-likeness (QED) is 0.579. The van der Waals surface area contributed by atoms with Crippen molar-refractivity contribution in [1.29, 1.82) is 0 Å². The molecule has 2 heterocycles. The maximum atomic E-state index is 12.1. The van der Waals surface area contributed by atoms with Gasteiger partial charge in [-0.2, -0.15) is 0 Å². The lowest BCUT2D eigenvalue weighted by Crippen LogP contribution is -2.22. The molecule has 3 rings (SSSR count). The lowest BCUT2D eigenvalue weighted by molar-refractivity contribution is -0.115. The minimum Gasteiger partial charge on any atom is -0.455 e. The summed E-state index contributed by atoms with van der Waals surface area (Å²) < 4.78 is 5.24. The van der Waals surface area contributed by atoms with Gasteiger partial charge in [0, 0.05) is 17.3 Å². The van der Waals surface area contributed by atoms with E-state index in [1.807, 2.05) is 5.38 Å². The van der Waals surface area contributed by atoms with E-state index in [0.29, 0.717) is 26.4 Å². The molecule has 25 heavy (non-hydrogen) atoms. The zero-order chi connectivity index (χ0) is 17.8. The van der Waals surface area contributed by atoms with Gasteiger partial charge in [0.15, 0.2) is 5.13 Å². The number of hydrogen-bond acceptors (Lipinski definition) is 6. The normalized spacial score (nSPS) is 10.5. The van der Waals surface area contributed by atoms with E-state index < -0.39 is 0 Å². The third kappa shape index (κ3) is 4.25. The van der Waals surface area contributed by atoms with Crippen LogP contribution in [-0.4, -0.2) is 16.9 Å². The van der Waals surface area contributed by atoms with Crippen LogP contribution >= 0.6 is 34.3 Å². The van der Waals surface area contributed by atoms with Crippen LogP contribution in [0.2, 0.25) is 5.02 Å². The van der Waals surface area contributed by atoms with Crippen molar-refractivity contribution < 1.29 is 14.3 Å². The number of thiazole rings is 1. The van der Waals surface area contributed by atoms with E-state index in [1.165, 1.54) is 34.5 Å². The van der Waals surface area contributed by atoms with E-state index in [9.17, 15) is 9.59 Å². The zero-order valence-electron chi connectivity index (χ0n) is 13.1. The molecule has 0 unspecified atom stereocenters. The van der Waals surface area contributed by atoms with Gasteiger partial charge in [-0.3, -0.25) is 9.69 Å². The molecular weight excluding hydrogens is 380 g/mol. The third-order valence-electron chi connectivity index (χ3n) is 3.19. The maximum absolute atomic E-state index is 12.1. The van der Waals surface area contributed by atoms with Gasteiger partial charge < -0.3 is 4.74 Å². The SMILES string of the molecule is CC(=O)N(c1cccc(Cl)c1)c1nc(COC(=O)c2cccs2)cs1. The number of anilines is 2. The fourth-order valence-electron chi connectivity index (χ4n) is 2.11. The lowest BCUT2D eigenvalue weighted by Gasteiger charge is -2.18. The maximum Gasteiger partial charge on any atom is 0.348 e. The number of ether oxygens (including phenoxy) is 1. The van der Waals surface area contributed by atoms with Gasteiger partial charge in [0.1, 0.15) is 11.5 Å². The molecule has 1 amide bonds. The molecule has 0 radical (unpaired) electrons. The van der Waals surface area contributed by atoms with E-state index >= 15 is 0 Å². The molecule has 5 nitrogen and oxygen atoms in total. The van der Waals surface area contributed by atoms with Gasteiger partial charge in [0.25, 0.3) is 0 Å². The number of nitrogens with zero attached hydrogens (tertiary/aromatic N) is 2. The van der Waals surface area contributed by atoms with Crippen LogP contribution in [0.1, 0.15) is 22.3 Å². The Balaban J connectivity index is 1.74. The van der Waals surface area contributed by atoms with Crippen LogP contribution in [-0.2, 0) is 16.1 Å². The average Bonchev–Trinajstić information content (AvgIpc) is 3.25. The van der Waals surface area contributed by atoms with Crippen molar-refractivity contribution in [3.8, 4) is 0 Å². The van der Waals surface area contributed by atoms with Gasteiger partial charge in [-0.25, -0.2) is 9.78 Å². The number of thiophene rings is 1. The van der Waals surface area contributed by atoms with Gasteiger partial charge in [-0.05, 0) is 29.6 Å². The topological polar surface area (TPSA) is 59.5 Å². The summed E-state index contributed by atoms with van der Waals surface area (Å²) in [6.45, 7) is 1.51. The predicted molar refractivity (Wildman–Crippen MR) is 99.8 cm³/mol. The van der Waals surface area contributed by atoms with E-state index in [1.54, 1.807) is 41.8 Å². The second-order valence-electron chi connectivity index (χ2n) is 5.01. The summed E-state index contributed by atoms with van der Waals surface area (Å²) in [5.41, 5.74) is 1.22. The van der Waals surface area contributed by atoms with Crippen LogP contribution in [0.4, 0.5) is 10.8 Å². The molecule has 0 spiro atoms. The van der Waals surface area contributed by atoms with Crippen molar-refractivity contribution in [1.82, 2.24) is 4.98 Å². The highest BCUT2D eigenvalue weighted by molar-refractivity contribution is 7.14. The minimum atomic E-state index is -0.386. The van der Waals surface area contributed by atoms with Gasteiger partial charge in [0.2, 0.25) is 5.91 Å². The van der Waals surface area contributed by atoms with E-state index in [4.69, 9.17) is 16.3 Å². The third-order valence-corrected chi connectivity index (χ3v) is 5.15. The molecule has 0 bridgehead atoms. The number of halogens is 1. The van der Waals surface area contributed by atoms with Crippen LogP contribution < -0.4 is 4.90 Å². The summed E-state index contributed by atoms with van der Waals surface area (Å²) in [4.78, 5) is 30.3. The Morgan fingerprint density at radius 1 is 1.24 bits per heavy atom. The highest BCUT2D eigenvalue weighted by Crippen LogP contribution is 2.30. The predicted octanol–water partition coefficient (Wildman–Crippen LogP) is 4.90. The largest absolute Gasteiger partial charge is 0.455 e. The number of aromatic nitrogens is 1. The Bertz CT molecular complexity index is 893. The second-order valence-corrected chi connectivity index (χ2v) is 7.23. The molecule has 0 atom stereocenters. The van der Waals surface area contributed by atoms with Crippen LogP contribution in [0.3, 0.4) is 0 Å². The molecule has 0 saturated heterocycles. The number of hydrogen-bond donors (Lipinski definition) is 0. The molecule has 8 heteroatoms. The summed E-state index contributed by atoms with van der Waals surface area (Å²) in [5, 5.41) is 4.60. The first-order valence-corrected chi connectivity index (χ1v) is 9.39. The molecule has 1 aromatic carbocycles. The Hall–Kier alpha value is -2.22. The Labute approximate surface area is 157 Å². The van der Waals surface area contributed by atoms with E-state index in [2.05, 4.69) is 4.98 Å². The van der Waals surface area contributed by atoms with Crippen LogP contribution in [0.5, 0.6) is 0 Å². The van der Waals surface area contributed by atoms with E-state index in [0.717, 1.165) is 0 Å². The number of esters is 1. The van der Waals surface area contributed by atoms with Gasteiger partial charge in [0.05, 0.1) is 11.4 Å². The van der Waals surface area contributed by atoms with Gasteiger partial charge in [-0.1, -0.05) is 23.7 Å². The summed E-state index contributed by atoms with van der Waals surface area (Å²) in [6.07, 6.45) is 0. The fraction of sp³-hybridized carbons (Fsp3) is 0.118. The highest BCUT2D eigenvalue weighted by atomic mass is 35.5.